The van der Waals surface area contributed by atoms with Crippen LogP contribution in [0.2, 0.25) is 0 Å². The maximum atomic E-state index is 10.3. The van der Waals surface area contributed by atoms with Crippen LogP contribution in [0.1, 0.15) is 25.7 Å². The highest BCUT2D eigenvalue weighted by atomic mass is 16.4. The Morgan fingerprint density at radius 3 is 1.68 bits per heavy atom. The zero-order valence-electron chi connectivity index (χ0n) is 13.0. The molecule has 144 valence electrons. The number of aliphatic carboxylic acids is 4. The average molecular weight is 367 g/mol. The number of carboxylic acids is 4. The van der Waals surface area contributed by atoms with Crippen molar-refractivity contribution in [2.24, 2.45) is 11.5 Å². The lowest BCUT2D eigenvalue weighted by Gasteiger charge is -2.18. The normalized spacial score (nSPS) is 11.4. The molecule has 0 saturated carbocycles. The summed E-state index contributed by atoms with van der Waals surface area (Å²) in [6.45, 7) is 0.357. The third kappa shape index (κ3) is 13.2. The van der Waals surface area contributed by atoms with Gasteiger partial charge >= 0.3 is 29.9 Å². The van der Waals surface area contributed by atoms with E-state index in [0.717, 1.165) is 0 Å². The zero-order chi connectivity index (χ0) is 20.2. The van der Waals surface area contributed by atoms with Gasteiger partial charge in [-0.1, -0.05) is 0 Å². The largest absolute Gasteiger partial charge is 0.481 e. The van der Waals surface area contributed by atoms with Crippen LogP contribution in [0.4, 0.5) is 4.79 Å². The van der Waals surface area contributed by atoms with Gasteiger partial charge in [0.05, 0.1) is 12.8 Å². The number of rotatable bonds is 10. The number of primary amides is 1. The Labute approximate surface area is 141 Å². The lowest BCUT2D eigenvalue weighted by Crippen LogP contribution is -2.42. The second-order valence-corrected chi connectivity index (χ2v) is 4.86. The first kappa shape index (κ1) is 24.3. The summed E-state index contributed by atoms with van der Waals surface area (Å²) in [6.07, 6.45) is -1.45. The summed E-state index contributed by atoms with van der Waals surface area (Å²) in [5.74, 6) is -6.05. The molecule has 1 atom stereocenters. The quantitative estimate of drug-likeness (QED) is 0.189. The molecule has 0 bridgehead atoms. The molecule has 13 nitrogen and oxygen atoms in total. The maximum absolute atomic E-state index is 10.3. The molecule has 25 heavy (non-hydrogen) atoms. The van der Waals surface area contributed by atoms with E-state index in [2.05, 4.69) is 5.32 Å². The summed E-state index contributed by atoms with van der Waals surface area (Å²) in [6, 6.07) is -1.47. The van der Waals surface area contributed by atoms with Gasteiger partial charge in [0.15, 0.2) is 5.60 Å². The van der Waals surface area contributed by atoms with Gasteiger partial charge in [0.25, 0.3) is 0 Å². The Hall–Kier alpha value is -2.93. The molecule has 0 aromatic heterocycles. The number of carbonyl (C=O) groups excluding carboxylic acids is 1. The number of urea groups is 1. The van der Waals surface area contributed by atoms with Crippen molar-refractivity contribution in [1.29, 1.82) is 0 Å². The molecule has 0 spiro atoms. The van der Waals surface area contributed by atoms with E-state index in [-0.39, 0.29) is 0 Å². The van der Waals surface area contributed by atoms with Gasteiger partial charge in [-0.3, -0.25) is 14.4 Å². The van der Waals surface area contributed by atoms with Crippen LogP contribution in [0.5, 0.6) is 0 Å². The summed E-state index contributed by atoms with van der Waals surface area (Å²) in [7, 11) is 0. The van der Waals surface area contributed by atoms with Crippen LogP contribution >= 0.6 is 0 Å². The Bertz CT molecular complexity index is 491. The maximum Gasteiger partial charge on any atom is 0.336 e. The number of nitrogens with one attached hydrogen (secondary N) is 1. The zero-order valence-corrected chi connectivity index (χ0v) is 13.0. The van der Waals surface area contributed by atoms with Crippen molar-refractivity contribution in [2.75, 3.05) is 6.54 Å². The molecule has 0 saturated heterocycles. The lowest BCUT2D eigenvalue weighted by atomic mass is 9.96. The summed E-state index contributed by atoms with van der Waals surface area (Å²) >= 11 is 0. The minimum atomic E-state index is -2.74. The Balaban J connectivity index is 0. The van der Waals surface area contributed by atoms with Gasteiger partial charge in [-0.2, -0.15) is 0 Å². The highest BCUT2D eigenvalue weighted by Crippen LogP contribution is 2.15. The molecule has 0 radical (unpaired) electrons. The van der Waals surface area contributed by atoms with Gasteiger partial charge in [0.1, 0.15) is 6.04 Å². The van der Waals surface area contributed by atoms with E-state index in [0.29, 0.717) is 19.4 Å². The lowest BCUT2D eigenvalue weighted by molar-refractivity contribution is -0.170. The number of hydrogen-bond donors (Lipinski definition) is 8. The fourth-order valence-electron chi connectivity index (χ4n) is 1.37. The second-order valence-electron chi connectivity index (χ2n) is 4.86. The average Bonchev–Trinajstić information content (AvgIpc) is 2.41. The highest BCUT2D eigenvalue weighted by Gasteiger charge is 2.40. The summed E-state index contributed by atoms with van der Waals surface area (Å²) in [5.41, 5.74) is 7.22. The molecule has 0 aliphatic carbocycles. The summed E-state index contributed by atoms with van der Waals surface area (Å²) in [5, 5.41) is 44.5. The number of carboxylic acid groups (broad SMARTS) is 4. The third-order valence-corrected chi connectivity index (χ3v) is 2.59. The SMILES string of the molecule is NC(=O)NCCC[C@H](N)C(=O)O.O=C(O)CC(O)(CC(=O)O)C(=O)O. The third-order valence-electron chi connectivity index (χ3n) is 2.59. The van der Waals surface area contributed by atoms with Crippen molar-refractivity contribution in [3.8, 4) is 0 Å². The monoisotopic (exact) mass is 367 g/mol. The molecule has 0 heterocycles. The first-order valence-electron chi connectivity index (χ1n) is 6.73. The molecule has 2 amide bonds. The van der Waals surface area contributed by atoms with Crippen molar-refractivity contribution in [2.45, 2.75) is 37.3 Å². The van der Waals surface area contributed by atoms with Crippen LogP contribution in [0.3, 0.4) is 0 Å². The highest BCUT2D eigenvalue weighted by molar-refractivity contribution is 5.88. The fraction of sp³-hybridized carbons (Fsp3) is 0.583. The Kier molecular flexibility index (Phi) is 11.3. The summed E-state index contributed by atoms with van der Waals surface area (Å²) < 4.78 is 0. The van der Waals surface area contributed by atoms with Crippen LogP contribution < -0.4 is 16.8 Å². The van der Waals surface area contributed by atoms with Crippen LogP contribution in [0.25, 0.3) is 0 Å². The van der Waals surface area contributed by atoms with E-state index in [1.165, 1.54) is 0 Å². The fourth-order valence-corrected chi connectivity index (χ4v) is 1.37. The molecule has 13 heteroatoms. The first-order chi connectivity index (χ1) is 11.3. The van der Waals surface area contributed by atoms with Crippen LogP contribution in [-0.4, -0.2) is 73.6 Å². The van der Waals surface area contributed by atoms with Gasteiger partial charge in [0, 0.05) is 6.54 Å². The topological polar surface area (TPSA) is 251 Å². The molecule has 0 aliphatic heterocycles. The molecule has 0 aromatic carbocycles. The summed E-state index contributed by atoms with van der Waals surface area (Å²) in [4.78, 5) is 50.8. The van der Waals surface area contributed by atoms with Gasteiger partial charge in [-0.05, 0) is 12.8 Å². The van der Waals surface area contributed by atoms with Gasteiger partial charge in [-0.25, -0.2) is 9.59 Å². The number of nitrogens with two attached hydrogens (primary N) is 2. The minimum absolute atomic E-state index is 0.329. The van der Waals surface area contributed by atoms with Crippen molar-refractivity contribution in [3.05, 3.63) is 0 Å². The van der Waals surface area contributed by atoms with Crippen LogP contribution in [0, 0.1) is 0 Å². The number of carbonyl (C=O) groups is 5. The molecule has 0 unspecified atom stereocenters. The first-order valence-corrected chi connectivity index (χ1v) is 6.73. The molecular formula is C12H21N3O10. The standard InChI is InChI=1S/C6H13N3O3.C6H8O7/c7-4(5(10)11)2-1-3-9-6(8)12;7-3(8)1-6(13,5(11)12)2-4(9)10/h4H,1-3,7H2,(H,10,11)(H3,8,9,12);13H,1-2H2,(H,7,8)(H,9,10)(H,11,12)/t4-;/m0./s1. The van der Waals surface area contributed by atoms with E-state index in [9.17, 15) is 24.0 Å². The minimum Gasteiger partial charge on any atom is -0.481 e. The predicted molar refractivity (Wildman–Crippen MR) is 79.5 cm³/mol. The van der Waals surface area contributed by atoms with Crippen molar-refractivity contribution in [3.63, 3.8) is 0 Å². The van der Waals surface area contributed by atoms with Crippen LogP contribution in [0.15, 0.2) is 0 Å². The molecule has 0 rings (SSSR count). The molecule has 10 N–H and O–H groups in total. The van der Waals surface area contributed by atoms with E-state index in [1.54, 1.807) is 0 Å². The molecule has 0 aromatic rings. The van der Waals surface area contributed by atoms with Gasteiger partial charge < -0.3 is 42.3 Å². The van der Waals surface area contributed by atoms with Crippen molar-refractivity contribution in [1.82, 2.24) is 5.32 Å². The van der Waals surface area contributed by atoms with Crippen LogP contribution in [-0.2, 0) is 19.2 Å². The predicted octanol–water partition coefficient (Wildman–Crippen LogP) is -2.40. The van der Waals surface area contributed by atoms with E-state index in [1.807, 2.05) is 0 Å². The number of hydrogen-bond acceptors (Lipinski definition) is 7. The smallest absolute Gasteiger partial charge is 0.336 e. The Morgan fingerprint density at radius 2 is 1.40 bits per heavy atom. The molecule has 0 aliphatic rings. The number of amides is 2. The number of aliphatic hydroxyl groups is 1. The van der Waals surface area contributed by atoms with Gasteiger partial charge in [0.2, 0.25) is 0 Å². The van der Waals surface area contributed by atoms with E-state index < -0.39 is 54.4 Å². The van der Waals surface area contributed by atoms with E-state index >= 15 is 0 Å². The molecule has 0 fully saturated rings. The Morgan fingerprint density at radius 1 is 0.960 bits per heavy atom. The van der Waals surface area contributed by atoms with E-state index in [4.69, 9.17) is 37.0 Å². The van der Waals surface area contributed by atoms with Crippen molar-refractivity contribution >= 4 is 29.9 Å². The van der Waals surface area contributed by atoms with Gasteiger partial charge in [-0.15, -0.1) is 0 Å². The second kappa shape index (κ2) is 11.6. The van der Waals surface area contributed by atoms with Crippen molar-refractivity contribution < 1.29 is 49.5 Å². The molecular weight excluding hydrogens is 346 g/mol.